The minimum atomic E-state index is -0.870. The monoisotopic (exact) mass is 277 g/mol. The Kier molecular flexibility index (Phi) is 3.70. The van der Waals surface area contributed by atoms with Gasteiger partial charge >= 0.3 is 12.1 Å². The molecule has 1 aromatic rings. The molecule has 1 amide bonds. The van der Waals surface area contributed by atoms with E-state index in [9.17, 15) is 14.7 Å². The van der Waals surface area contributed by atoms with Gasteiger partial charge in [0.2, 0.25) is 0 Å². The summed E-state index contributed by atoms with van der Waals surface area (Å²) in [5.74, 6) is -1.45. The van der Waals surface area contributed by atoms with Gasteiger partial charge in [-0.25, -0.2) is 4.79 Å². The van der Waals surface area contributed by atoms with Gasteiger partial charge in [-0.2, -0.15) is 0 Å². The lowest BCUT2D eigenvalue weighted by molar-refractivity contribution is -0.138. The highest BCUT2D eigenvalue weighted by Gasteiger charge is 2.36. The van der Waals surface area contributed by atoms with Crippen LogP contribution >= 0.6 is 0 Å². The van der Waals surface area contributed by atoms with Crippen LogP contribution in [0, 0.1) is 0 Å². The topological polar surface area (TPSA) is 75.6 Å². The van der Waals surface area contributed by atoms with Crippen LogP contribution in [0.4, 0.5) is 4.79 Å². The fraction of sp³-hybridized carbons (Fsp3) is 0.467. The molecule has 20 heavy (non-hydrogen) atoms. The molecule has 0 spiro atoms. The Labute approximate surface area is 117 Å². The van der Waals surface area contributed by atoms with E-state index in [1.54, 1.807) is 26.8 Å². The molecule has 2 rings (SSSR count). The van der Waals surface area contributed by atoms with E-state index in [0.29, 0.717) is 6.42 Å². The molecule has 5 nitrogen and oxygen atoms in total. The summed E-state index contributed by atoms with van der Waals surface area (Å²) in [6, 6.07) is 6.98. The third-order valence-corrected chi connectivity index (χ3v) is 3.21. The number of fused-ring (bicyclic) bond motifs is 1. The lowest BCUT2D eigenvalue weighted by Gasteiger charge is -2.22. The molecular formula is C15H19NO4. The number of hydrogen-bond acceptors (Lipinski definition) is 3. The quantitative estimate of drug-likeness (QED) is 0.871. The van der Waals surface area contributed by atoms with Crippen molar-refractivity contribution in [2.24, 2.45) is 0 Å². The Bertz CT molecular complexity index is 533. The zero-order valence-electron chi connectivity index (χ0n) is 11.8. The molecule has 0 aliphatic heterocycles. The third-order valence-electron chi connectivity index (χ3n) is 3.21. The average molecular weight is 277 g/mol. The van der Waals surface area contributed by atoms with E-state index >= 15 is 0 Å². The van der Waals surface area contributed by atoms with Crippen molar-refractivity contribution in [3.8, 4) is 0 Å². The first-order valence-electron chi connectivity index (χ1n) is 6.59. The summed E-state index contributed by atoms with van der Waals surface area (Å²) < 4.78 is 5.21. The molecule has 5 heteroatoms. The Morgan fingerprint density at radius 2 is 1.85 bits per heavy atom. The van der Waals surface area contributed by atoms with Gasteiger partial charge in [-0.05, 0) is 38.3 Å². The molecule has 1 aliphatic rings. The van der Waals surface area contributed by atoms with Crippen LogP contribution in [0.2, 0.25) is 0 Å². The number of carbonyl (C=O) groups is 2. The van der Waals surface area contributed by atoms with Crippen molar-refractivity contribution in [1.82, 2.24) is 5.32 Å². The van der Waals surface area contributed by atoms with E-state index < -0.39 is 23.6 Å². The minimum Gasteiger partial charge on any atom is -0.481 e. The zero-order valence-corrected chi connectivity index (χ0v) is 11.8. The second-order valence-electron chi connectivity index (χ2n) is 5.95. The number of carboxylic acid groups (broad SMARTS) is 1. The molecule has 0 heterocycles. The van der Waals surface area contributed by atoms with Crippen LogP contribution in [-0.4, -0.2) is 22.8 Å². The van der Waals surface area contributed by atoms with Crippen molar-refractivity contribution in [2.75, 3.05) is 0 Å². The molecule has 108 valence electrons. The first-order chi connectivity index (χ1) is 9.28. The lowest BCUT2D eigenvalue weighted by atomic mass is 10.0. The number of nitrogens with one attached hydrogen (secondary N) is 1. The second-order valence-corrected chi connectivity index (χ2v) is 5.95. The molecule has 2 N–H and O–H groups in total. The van der Waals surface area contributed by atoms with Crippen molar-refractivity contribution < 1.29 is 19.4 Å². The molecule has 0 unspecified atom stereocenters. The maximum Gasteiger partial charge on any atom is 0.408 e. The van der Waals surface area contributed by atoms with Crippen LogP contribution in [0.25, 0.3) is 0 Å². The van der Waals surface area contributed by atoms with Gasteiger partial charge in [-0.15, -0.1) is 0 Å². The highest BCUT2D eigenvalue weighted by molar-refractivity contribution is 5.79. The predicted molar refractivity (Wildman–Crippen MR) is 73.5 cm³/mol. The summed E-state index contributed by atoms with van der Waals surface area (Å²) in [5, 5.41) is 12.0. The van der Waals surface area contributed by atoms with Crippen LogP contribution < -0.4 is 5.32 Å². The van der Waals surface area contributed by atoms with Crippen LogP contribution in [-0.2, 0) is 9.53 Å². The molecule has 0 saturated carbocycles. The molecule has 0 radical (unpaired) electrons. The number of hydrogen-bond donors (Lipinski definition) is 2. The van der Waals surface area contributed by atoms with Crippen LogP contribution in [0.1, 0.15) is 50.3 Å². The predicted octanol–water partition coefficient (Wildman–Crippen LogP) is 2.82. The third kappa shape index (κ3) is 3.10. The van der Waals surface area contributed by atoms with Crippen LogP contribution in [0.15, 0.2) is 24.3 Å². The Hall–Kier alpha value is -2.04. The van der Waals surface area contributed by atoms with Crippen molar-refractivity contribution in [3.63, 3.8) is 0 Å². The number of amides is 1. The molecule has 1 aliphatic carbocycles. The maximum absolute atomic E-state index is 11.8. The standard InChI is InChI=1S/C15H19NO4/c1-15(2,3)20-14(19)16-12-8-11(13(17)18)9-6-4-5-7-10(9)12/h4-7,11-12H,8H2,1-3H3,(H,16,19)(H,17,18)/t11-,12+/m0/s1. The van der Waals surface area contributed by atoms with E-state index in [-0.39, 0.29) is 6.04 Å². The number of rotatable bonds is 2. The van der Waals surface area contributed by atoms with Crippen molar-refractivity contribution in [1.29, 1.82) is 0 Å². The summed E-state index contributed by atoms with van der Waals surface area (Å²) in [7, 11) is 0. The number of carboxylic acids is 1. The van der Waals surface area contributed by atoms with Gasteiger partial charge in [0.1, 0.15) is 5.60 Å². The lowest BCUT2D eigenvalue weighted by Crippen LogP contribution is -2.34. The van der Waals surface area contributed by atoms with Gasteiger partial charge in [0.05, 0.1) is 12.0 Å². The SMILES string of the molecule is CC(C)(C)OC(=O)N[C@@H]1C[C@H](C(=O)O)c2ccccc21. The van der Waals surface area contributed by atoms with Crippen molar-refractivity contribution in [3.05, 3.63) is 35.4 Å². The summed E-state index contributed by atoms with van der Waals surface area (Å²) in [4.78, 5) is 23.1. The average Bonchev–Trinajstić information content (AvgIpc) is 2.66. The number of alkyl carbamates (subject to hydrolysis) is 1. The Balaban J connectivity index is 2.15. The van der Waals surface area contributed by atoms with Crippen molar-refractivity contribution in [2.45, 2.75) is 44.8 Å². The normalized spacial score (nSPS) is 21.1. The molecule has 0 aromatic heterocycles. The van der Waals surface area contributed by atoms with Crippen LogP contribution in [0.3, 0.4) is 0 Å². The first-order valence-corrected chi connectivity index (χ1v) is 6.59. The summed E-state index contributed by atoms with van der Waals surface area (Å²) >= 11 is 0. The number of carbonyl (C=O) groups excluding carboxylic acids is 1. The fourth-order valence-electron chi connectivity index (χ4n) is 2.46. The van der Waals surface area contributed by atoms with Gasteiger partial charge in [0, 0.05) is 0 Å². The van der Waals surface area contributed by atoms with Crippen LogP contribution in [0.5, 0.6) is 0 Å². The maximum atomic E-state index is 11.8. The van der Waals surface area contributed by atoms with E-state index in [4.69, 9.17) is 4.74 Å². The highest BCUT2D eigenvalue weighted by atomic mass is 16.6. The van der Waals surface area contributed by atoms with E-state index in [2.05, 4.69) is 5.32 Å². The highest BCUT2D eigenvalue weighted by Crippen LogP contribution is 2.40. The van der Waals surface area contributed by atoms with E-state index in [0.717, 1.165) is 11.1 Å². The first kappa shape index (κ1) is 14.4. The van der Waals surface area contributed by atoms with E-state index in [1.807, 2.05) is 18.2 Å². The molecule has 0 saturated heterocycles. The summed E-state index contributed by atoms with van der Waals surface area (Å²) in [6.07, 6.45) is -0.170. The molecule has 2 atom stereocenters. The van der Waals surface area contributed by atoms with E-state index in [1.165, 1.54) is 0 Å². The number of ether oxygens (including phenoxy) is 1. The second kappa shape index (κ2) is 5.15. The smallest absolute Gasteiger partial charge is 0.408 e. The molecular weight excluding hydrogens is 258 g/mol. The molecule has 0 bridgehead atoms. The molecule has 0 fully saturated rings. The summed E-state index contributed by atoms with van der Waals surface area (Å²) in [6.45, 7) is 5.36. The Morgan fingerprint density at radius 3 is 2.40 bits per heavy atom. The zero-order chi connectivity index (χ0) is 14.9. The van der Waals surface area contributed by atoms with Gasteiger partial charge in [-0.1, -0.05) is 24.3 Å². The largest absolute Gasteiger partial charge is 0.481 e. The number of aliphatic carboxylic acids is 1. The minimum absolute atomic E-state index is 0.317. The van der Waals surface area contributed by atoms with Gasteiger partial charge in [-0.3, -0.25) is 4.79 Å². The fourth-order valence-corrected chi connectivity index (χ4v) is 2.46. The summed E-state index contributed by atoms with van der Waals surface area (Å²) in [5.41, 5.74) is 1.04. The Morgan fingerprint density at radius 1 is 1.25 bits per heavy atom. The number of benzene rings is 1. The van der Waals surface area contributed by atoms with Gasteiger partial charge < -0.3 is 15.2 Å². The van der Waals surface area contributed by atoms with Crippen molar-refractivity contribution >= 4 is 12.1 Å². The molecule has 1 aromatic carbocycles. The van der Waals surface area contributed by atoms with Gasteiger partial charge in [0.15, 0.2) is 0 Å². The van der Waals surface area contributed by atoms with Gasteiger partial charge in [0.25, 0.3) is 0 Å².